The summed E-state index contributed by atoms with van der Waals surface area (Å²) in [6.45, 7) is 1.85. The van der Waals surface area contributed by atoms with E-state index in [1.54, 1.807) is 0 Å². The third kappa shape index (κ3) is 4.09. The molecule has 0 heterocycles. The molecule has 1 saturated carbocycles. The van der Waals surface area contributed by atoms with Crippen molar-refractivity contribution >= 4 is 11.9 Å². The Hall–Kier alpha value is -1.84. The number of hydrogen-bond donors (Lipinski definition) is 1. The normalized spacial score (nSPS) is 14.2. The number of benzene rings is 1. The van der Waals surface area contributed by atoms with Gasteiger partial charge in [0.1, 0.15) is 6.54 Å². The van der Waals surface area contributed by atoms with E-state index < -0.39 is 5.97 Å². The average molecular weight is 261 g/mol. The first-order valence-corrected chi connectivity index (χ1v) is 6.63. The zero-order valence-electron chi connectivity index (χ0n) is 11.1. The molecule has 0 saturated heterocycles. The quantitative estimate of drug-likeness (QED) is 0.852. The highest BCUT2D eigenvalue weighted by Crippen LogP contribution is 2.27. The number of carboxylic acids is 1. The number of carbonyl (C=O) groups is 2. The predicted molar refractivity (Wildman–Crippen MR) is 71.9 cm³/mol. The first kappa shape index (κ1) is 13.6. The standard InChI is InChI=1S/C15H19NO3/c1-11-3-2-4-12(9-11)5-8-14(17)16(10-15(18)19)13-6-7-13/h2-4,9,13H,5-8,10H2,1H3,(H,18,19). The zero-order chi connectivity index (χ0) is 13.8. The maximum atomic E-state index is 12.1. The van der Waals surface area contributed by atoms with E-state index in [4.69, 9.17) is 5.11 Å². The van der Waals surface area contributed by atoms with E-state index in [2.05, 4.69) is 6.07 Å². The Morgan fingerprint density at radius 1 is 1.37 bits per heavy atom. The van der Waals surface area contributed by atoms with Crippen LogP contribution in [-0.2, 0) is 16.0 Å². The lowest BCUT2D eigenvalue weighted by molar-refractivity contribution is -0.144. The Kier molecular flexibility index (Phi) is 4.20. The van der Waals surface area contributed by atoms with E-state index >= 15 is 0 Å². The summed E-state index contributed by atoms with van der Waals surface area (Å²) in [5.41, 5.74) is 2.30. The molecule has 0 spiro atoms. The lowest BCUT2D eigenvalue weighted by atomic mass is 10.1. The molecule has 1 aliphatic carbocycles. The van der Waals surface area contributed by atoms with Crippen LogP contribution in [0.15, 0.2) is 24.3 Å². The number of rotatable bonds is 6. The maximum Gasteiger partial charge on any atom is 0.323 e. The summed E-state index contributed by atoms with van der Waals surface area (Å²) in [7, 11) is 0. The van der Waals surface area contributed by atoms with Crippen molar-refractivity contribution in [3.8, 4) is 0 Å². The van der Waals surface area contributed by atoms with Gasteiger partial charge < -0.3 is 10.0 Å². The molecule has 1 N–H and O–H groups in total. The molecule has 0 bridgehead atoms. The fraction of sp³-hybridized carbons (Fsp3) is 0.467. The summed E-state index contributed by atoms with van der Waals surface area (Å²) < 4.78 is 0. The largest absolute Gasteiger partial charge is 0.480 e. The molecule has 1 amide bonds. The van der Waals surface area contributed by atoms with Gasteiger partial charge in [0.05, 0.1) is 0 Å². The minimum Gasteiger partial charge on any atom is -0.480 e. The SMILES string of the molecule is Cc1cccc(CCC(=O)N(CC(=O)O)C2CC2)c1. The van der Waals surface area contributed by atoms with E-state index in [0.29, 0.717) is 12.8 Å². The van der Waals surface area contributed by atoms with Gasteiger partial charge in [-0.1, -0.05) is 29.8 Å². The molecule has 1 aliphatic rings. The number of carbonyl (C=O) groups excluding carboxylic acids is 1. The minimum atomic E-state index is -0.934. The molecule has 1 aromatic carbocycles. The summed E-state index contributed by atoms with van der Waals surface area (Å²) in [5, 5.41) is 8.84. The number of aliphatic carboxylic acids is 1. The van der Waals surface area contributed by atoms with E-state index in [0.717, 1.165) is 18.4 Å². The van der Waals surface area contributed by atoms with Crippen LogP contribution in [0.2, 0.25) is 0 Å². The van der Waals surface area contributed by atoms with E-state index in [1.165, 1.54) is 10.5 Å². The van der Waals surface area contributed by atoms with Crippen molar-refractivity contribution in [3.05, 3.63) is 35.4 Å². The van der Waals surface area contributed by atoms with Crippen molar-refractivity contribution in [2.24, 2.45) is 0 Å². The third-order valence-electron chi connectivity index (χ3n) is 3.32. The molecule has 1 aromatic rings. The molecule has 4 nitrogen and oxygen atoms in total. The topological polar surface area (TPSA) is 57.6 Å². The summed E-state index contributed by atoms with van der Waals surface area (Å²) in [6, 6.07) is 8.21. The summed E-state index contributed by atoms with van der Waals surface area (Å²) in [4.78, 5) is 24.4. The Morgan fingerprint density at radius 2 is 2.11 bits per heavy atom. The van der Waals surface area contributed by atoms with Crippen LogP contribution in [-0.4, -0.2) is 34.5 Å². The van der Waals surface area contributed by atoms with Gasteiger partial charge in [-0.05, 0) is 31.7 Å². The van der Waals surface area contributed by atoms with Gasteiger partial charge in [0.2, 0.25) is 5.91 Å². The van der Waals surface area contributed by atoms with Crippen LogP contribution in [0.1, 0.15) is 30.4 Å². The number of carboxylic acid groups (broad SMARTS) is 1. The van der Waals surface area contributed by atoms with Gasteiger partial charge in [-0.2, -0.15) is 0 Å². The van der Waals surface area contributed by atoms with Crippen molar-refractivity contribution in [2.45, 2.75) is 38.6 Å². The van der Waals surface area contributed by atoms with Crippen LogP contribution in [0.5, 0.6) is 0 Å². The van der Waals surface area contributed by atoms with Crippen LogP contribution in [0, 0.1) is 6.92 Å². The Bertz CT molecular complexity index is 480. The lowest BCUT2D eigenvalue weighted by Gasteiger charge is -2.20. The van der Waals surface area contributed by atoms with E-state index in [9.17, 15) is 9.59 Å². The monoisotopic (exact) mass is 261 g/mol. The lowest BCUT2D eigenvalue weighted by Crippen LogP contribution is -2.37. The van der Waals surface area contributed by atoms with E-state index in [-0.39, 0.29) is 18.5 Å². The number of amides is 1. The second-order valence-corrected chi connectivity index (χ2v) is 5.14. The molecule has 2 rings (SSSR count). The molecule has 0 radical (unpaired) electrons. The van der Waals surface area contributed by atoms with E-state index in [1.807, 2.05) is 25.1 Å². The van der Waals surface area contributed by atoms with Crippen molar-refractivity contribution in [1.29, 1.82) is 0 Å². The smallest absolute Gasteiger partial charge is 0.323 e. The van der Waals surface area contributed by atoms with Gasteiger partial charge in [0, 0.05) is 12.5 Å². The van der Waals surface area contributed by atoms with Gasteiger partial charge >= 0.3 is 5.97 Å². The molecule has 0 unspecified atom stereocenters. The zero-order valence-corrected chi connectivity index (χ0v) is 11.1. The fourth-order valence-corrected chi connectivity index (χ4v) is 2.22. The highest BCUT2D eigenvalue weighted by atomic mass is 16.4. The van der Waals surface area contributed by atoms with Gasteiger partial charge in [-0.15, -0.1) is 0 Å². The molecule has 4 heteroatoms. The maximum absolute atomic E-state index is 12.1. The fourth-order valence-electron chi connectivity index (χ4n) is 2.22. The van der Waals surface area contributed by atoms with Crippen LogP contribution < -0.4 is 0 Å². The van der Waals surface area contributed by atoms with Crippen molar-refractivity contribution in [2.75, 3.05) is 6.54 Å². The summed E-state index contributed by atoms with van der Waals surface area (Å²) in [5.74, 6) is -0.984. The Labute approximate surface area is 113 Å². The molecule has 1 fully saturated rings. The molecular weight excluding hydrogens is 242 g/mol. The highest BCUT2D eigenvalue weighted by Gasteiger charge is 2.33. The molecule has 102 valence electrons. The second kappa shape index (κ2) is 5.87. The van der Waals surface area contributed by atoms with Gasteiger partial charge in [-0.3, -0.25) is 9.59 Å². The minimum absolute atomic E-state index is 0.0496. The van der Waals surface area contributed by atoms with Crippen molar-refractivity contribution in [1.82, 2.24) is 4.90 Å². The highest BCUT2D eigenvalue weighted by molar-refractivity contribution is 5.82. The van der Waals surface area contributed by atoms with Crippen molar-refractivity contribution in [3.63, 3.8) is 0 Å². The number of aryl methyl sites for hydroxylation is 2. The van der Waals surface area contributed by atoms with Crippen LogP contribution in [0.4, 0.5) is 0 Å². The first-order chi connectivity index (χ1) is 9.06. The first-order valence-electron chi connectivity index (χ1n) is 6.63. The second-order valence-electron chi connectivity index (χ2n) is 5.14. The van der Waals surface area contributed by atoms with Crippen LogP contribution in [0.25, 0.3) is 0 Å². The summed E-state index contributed by atoms with van der Waals surface area (Å²) >= 11 is 0. The van der Waals surface area contributed by atoms with Gasteiger partial charge in [-0.25, -0.2) is 0 Å². The van der Waals surface area contributed by atoms with Crippen LogP contribution in [0.3, 0.4) is 0 Å². The third-order valence-corrected chi connectivity index (χ3v) is 3.32. The van der Waals surface area contributed by atoms with Gasteiger partial charge in [0.15, 0.2) is 0 Å². The average Bonchev–Trinajstić information content (AvgIpc) is 3.17. The molecule has 0 aliphatic heterocycles. The predicted octanol–water partition coefficient (Wildman–Crippen LogP) is 2.00. The Balaban J connectivity index is 1.90. The summed E-state index contributed by atoms with van der Waals surface area (Å²) in [6.07, 6.45) is 2.92. The number of nitrogens with zero attached hydrogens (tertiary/aromatic N) is 1. The molecule has 0 aromatic heterocycles. The van der Waals surface area contributed by atoms with Crippen molar-refractivity contribution < 1.29 is 14.7 Å². The van der Waals surface area contributed by atoms with Crippen LogP contribution >= 0.6 is 0 Å². The molecular formula is C15H19NO3. The number of hydrogen-bond acceptors (Lipinski definition) is 2. The Morgan fingerprint density at radius 3 is 2.68 bits per heavy atom. The molecule has 0 atom stereocenters. The van der Waals surface area contributed by atoms with Gasteiger partial charge in [0.25, 0.3) is 0 Å². The molecule has 19 heavy (non-hydrogen) atoms.